The van der Waals surface area contributed by atoms with Crippen LogP contribution < -0.4 is 22.5 Å². The average molecular weight is 384 g/mol. The van der Waals surface area contributed by atoms with Crippen molar-refractivity contribution in [2.24, 2.45) is 5.73 Å². The Kier molecular flexibility index (Phi) is 20.2. The number of urea groups is 1. The van der Waals surface area contributed by atoms with E-state index in [1.807, 2.05) is 0 Å². The molecule has 0 saturated carbocycles. The molecule has 0 spiro atoms. The number of amides is 3. The summed E-state index contributed by atoms with van der Waals surface area (Å²) in [6, 6.07) is -1.44. The fourth-order valence-corrected chi connectivity index (χ4v) is 1.76. The third-order valence-electron chi connectivity index (χ3n) is 2.50. The van der Waals surface area contributed by atoms with E-state index >= 15 is 0 Å². The highest BCUT2D eigenvalue weighted by Gasteiger charge is 2.28. The minimum atomic E-state index is -0.934. The first-order valence-corrected chi connectivity index (χ1v) is 7.91. The van der Waals surface area contributed by atoms with Crippen LogP contribution in [0.3, 0.4) is 0 Å². The molecule has 1 heterocycles. The fourth-order valence-electron chi connectivity index (χ4n) is 1.39. The number of hydrogen-bond donors (Lipinski definition) is 7. The predicted molar refractivity (Wildman–Crippen MR) is 92.3 cm³/mol. The first-order chi connectivity index (χ1) is 10.8. The maximum atomic E-state index is 10.9. The van der Waals surface area contributed by atoms with Crippen LogP contribution >= 0.6 is 25.3 Å². The summed E-state index contributed by atoms with van der Waals surface area (Å²) in [5, 5.41) is 12.9. The zero-order valence-electron chi connectivity index (χ0n) is 13.1. The van der Waals surface area contributed by atoms with Crippen LogP contribution in [0.2, 0.25) is 0 Å². The van der Waals surface area contributed by atoms with Gasteiger partial charge in [0, 0.05) is 0 Å². The van der Waals surface area contributed by atoms with E-state index < -0.39 is 12.0 Å². The molecule has 0 aliphatic carbocycles. The molecular weight excluding hydrogens is 360 g/mol. The number of carboxylic acid groups (broad SMARTS) is 1. The van der Waals surface area contributed by atoms with Crippen LogP contribution in [0.4, 0.5) is 4.79 Å². The van der Waals surface area contributed by atoms with Gasteiger partial charge in [0.1, 0.15) is 12.1 Å². The Hall–Kier alpha value is -1.59. The Morgan fingerprint density at radius 1 is 1.25 bits per heavy atom. The van der Waals surface area contributed by atoms with Gasteiger partial charge in [-0.3, -0.25) is 14.9 Å². The largest absolute Gasteiger partial charge is 0.480 e. The SMILES string of the molecule is N.NC(CCCS)C(=O)O.O=C1NC(=O)C(CCCS)N1.O=C=O. The third kappa shape index (κ3) is 15.3. The topological polar surface area (TPSA) is 191 Å². The number of nitrogens with one attached hydrogen (secondary N) is 2. The van der Waals surface area contributed by atoms with Gasteiger partial charge in [-0.05, 0) is 37.2 Å². The zero-order chi connectivity index (χ0) is 18.3. The molecular formula is C12H24N4O6S2. The van der Waals surface area contributed by atoms with Crippen LogP contribution in [0.15, 0.2) is 0 Å². The average Bonchev–Trinajstić information content (AvgIpc) is 2.81. The Balaban J connectivity index is -0.000000310. The molecule has 0 bridgehead atoms. The highest BCUT2D eigenvalue weighted by molar-refractivity contribution is 7.80. The molecule has 2 unspecified atom stereocenters. The van der Waals surface area contributed by atoms with Crippen molar-refractivity contribution in [3.8, 4) is 0 Å². The van der Waals surface area contributed by atoms with Crippen molar-refractivity contribution >= 4 is 49.3 Å². The number of carbonyl (C=O) groups is 3. The summed E-state index contributed by atoms with van der Waals surface area (Å²) < 4.78 is 0. The van der Waals surface area contributed by atoms with Gasteiger partial charge in [-0.15, -0.1) is 0 Å². The first-order valence-electron chi connectivity index (χ1n) is 6.64. The van der Waals surface area contributed by atoms with E-state index in [0.717, 1.165) is 18.6 Å². The molecule has 12 heteroatoms. The maximum Gasteiger partial charge on any atom is 0.373 e. The van der Waals surface area contributed by atoms with Gasteiger partial charge in [0.05, 0.1) is 0 Å². The molecule has 140 valence electrons. The summed E-state index contributed by atoms with van der Waals surface area (Å²) in [4.78, 5) is 47.7. The minimum absolute atomic E-state index is 0. The molecule has 24 heavy (non-hydrogen) atoms. The second kappa shape index (κ2) is 17.8. The number of carbonyl (C=O) groups excluding carboxylic acids is 4. The van der Waals surface area contributed by atoms with E-state index in [9.17, 15) is 14.4 Å². The molecule has 0 aromatic heterocycles. The number of aliphatic carboxylic acids is 1. The highest BCUT2D eigenvalue weighted by atomic mass is 32.1. The van der Waals surface area contributed by atoms with Gasteiger partial charge in [-0.1, -0.05) is 0 Å². The lowest BCUT2D eigenvalue weighted by atomic mass is 10.2. The van der Waals surface area contributed by atoms with Crippen LogP contribution in [0.5, 0.6) is 0 Å². The molecule has 3 amide bonds. The predicted octanol–water partition coefficient (Wildman–Crippen LogP) is -0.409. The summed E-state index contributed by atoms with van der Waals surface area (Å²) in [6.45, 7) is 0. The molecule has 0 aromatic rings. The molecule has 1 saturated heterocycles. The molecule has 10 nitrogen and oxygen atoms in total. The molecule has 1 fully saturated rings. The molecule has 0 radical (unpaired) electrons. The Labute approximate surface area is 150 Å². The number of hydrogen-bond acceptors (Lipinski definition) is 9. The highest BCUT2D eigenvalue weighted by Crippen LogP contribution is 2.02. The van der Waals surface area contributed by atoms with Crippen LogP contribution in [0, 0.1) is 0 Å². The molecule has 2 atom stereocenters. The fraction of sp³-hybridized carbons (Fsp3) is 0.667. The normalized spacial score (nSPS) is 15.9. The number of rotatable bonds is 7. The van der Waals surface area contributed by atoms with Gasteiger partial charge in [-0.2, -0.15) is 34.8 Å². The second-order valence-electron chi connectivity index (χ2n) is 4.28. The van der Waals surface area contributed by atoms with Crippen LogP contribution in [0.25, 0.3) is 0 Å². The molecule has 1 rings (SSSR count). The van der Waals surface area contributed by atoms with Gasteiger partial charge in [0.25, 0.3) is 5.91 Å². The first kappa shape index (κ1) is 27.3. The number of nitrogens with two attached hydrogens (primary N) is 1. The minimum Gasteiger partial charge on any atom is -0.480 e. The quantitative estimate of drug-likeness (QED) is 0.227. The van der Waals surface area contributed by atoms with Crippen LogP contribution in [0.1, 0.15) is 25.7 Å². The van der Waals surface area contributed by atoms with Gasteiger partial charge in [0.15, 0.2) is 0 Å². The Morgan fingerprint density at radius 3 is 2.08 bits per heavy atom. The van der Waals surface area contributed by atoms with E-state index in [0.29, 0.717) is 18.6 Å². The summed E-state index contributed by atoms with van der Waals surface area (Å²) in [5.41, 5.74) is 5.17. The van der Waals surface area contributed by atoms with E-state index in [1.165, 1.54) is 0 Å². The molecule has 0 aromatic carbocycles. The number of imide groups is 1. The van der Waals surface area contributed by atoms with Crippen molar-refractivity contribution in [2.45, 2.75) is 37.8 Å². The Bertz CT molecular complexity index is 418. The monoisotopic (exact) mass is 384 g/mol. The molecule has 8 N–H and O–H groups in total. The lowest BCUT2D eigenvalue weighted by Crippen LogP contribution is -2.29. The van der Waals surface area contributed by atoms with Crippen molar-refractivity contribution in [1.29, 1.82) is 0 Å². The Morgan fingerprint density at radius 2 is 1.75 bits per heavy atom. The lowest BCUT2D eigenvalue weighted by molar-refractivity contribution is -0.191. The van der Waals surface area contributed by atoms with Crippen molar-refractivity contribution in [3.05, 3.63) is 0 Å². The summed E-state index contributed by atoms with van der Waals surface area (Å²) in [7, 11) is 0. The molecule has 1 aliphatic heterocycles. The van der Waals surface area contributed by atoms with E-state index in [1.54, 1.807) is 0 Å². The third-order valence-corrected chi connectivity index (χ3v) is 3.13. The van der Waals surface area contributed by atoms with E-state index in [-0.39, 0.29) is 30.3 Å². The van der Waals surface area contributed by atoms with E-state index in [2.05, 4.69) is 35.9 Å². The summed E-state index contributed by atoms with van der Waals surface area (Å²) in [5.74, 6) is 0.272. The van der Waals surface area contributed by atoms with Crippen molar-refractivity contribution in [3.63, 3.8) is 0 Å². The smallest absolute Gasteiger partial charge is 0.373 e. The van der Waals surface area contributed by atoms with Crippen LogP contribution in [-0.2, 0) is 19.2 Å². The zero-order valence-corrected chi connectivity index (χ0v) is 14.9. The number of thiol groups is 2. The van der Waals surface area contributed by atoms with Crippen LogP contribution in [-0.4, -0.2) is 52.8 Å². The summed E-state index contributed by atoms with van der Waals surface area (Å²) in [6.07, 6.45) is 3.03. The van der Waals surface area contributed by atoms with Gasteiger partial charge in [0.2, 0.25) is 0 Å². The molecule has 1 aliphatic rings. The maximum absolute atomic E-state index is 10.9. The standard InChI is InChI=1S/C6H10N2O2S.C5H11NO2S.CO2.H3N/c9-5-4(2-1-3-11)7-6(10)8-5;6-4(5(7)8)2-1-3-9;2-1-3;/h4,11H,1-3H2,(H2,7,8,9,10);4,9H,1-3,6H2,(H,7,8);;1H3. The van der Waals surface area contributed by atoms with Crippen molar-refractivity contribution in [2.75, 3.05) is 11.5 Å². The van der Waals surface area contributed by atoms with E-state index in [4.69, 9.17) is 20.4 Å². The van der Waals surface area contributed by atoms with Gasteiger partial charge >= 0.3 is 18.2 Å². The lowest BCUT2D eigenvalue weighted by Gasteiger charge is -2.03. The van der Waals surface area contributed by atoms with Crippen molar-refractivity contribution < 1.29 is 29.1 Å². The van der Waals surface area contributed by atoms with Crippen molar-refractivity contribution in [1.82, 2.24) is 16.8 Å². The second-order valence-corrected chi connectivity index (χ2v) is 5.17. The van der Waals surface area contributed by atoms with Gasteiger partial charge < -0.3 is 22.3 Å². The number of carboxylic acids is 1. The summed E-state index contributed by atoms with van der Waals surface area (Å²) >= 11 is 7.92. The van der Waals surface area contributed by atoms with Gasteiger partial charge in [-0.25, -0.2) is 4.79 Å².